The molecule has 2 aromatic rings. The van der Waals surface area contributed by atoms with E-state index < -0.39 is 24.4 Å². The van der Waals surface area contributed by atoms with E-state index in [1.54, 1.807) is 0 Å². The van der Waals surface area contributed by atoms with Gasteiger partial charge in [-0.3, -0.25) is 9.36 Å². The first-order chi connectivity index (χ1) is 10.7. The summed E-state index contributed by atoms with van der Waals surface area (Å²) >= 11 is 5.88. The lowest BCUT2D eigenvalue weighted by molar-refractivity contribution is -0.144. The van der Waals surface area contributed by atoms with Crippen molar-refractivity contribution in [2.75, 3.05) is 0 Å². The monoisotopic (exact) mass is 350 g/mol. The number of rotatable bonds is 5. The Bertz CT molecular complexity index is 709. The van der Waals surface area contributed by atoms with E-state index in [2.05, 4.69) is 10.2 Å². The molecule has 6 nitrogen and oxygen atoms in total. The normalized spacial score (nSPS) is 11.7. The van der Waals surface area contributed by atoms with Gasteiger partial charge in [0, 0.05) is 25.4 Å². The SMILES string of the molecule is CCCn1cc(Cl)c(C(=O)OCc2cnn(C)c2C(F)(F)F)n1. The quantitative estimate of drug-likeness (QED) is 0.778. The fourth-order valence-corrected chi connectivity index (χ4v) is 2.27. The van der Waals surface area contributed by atoms with Crippen LogP contribution in [0.5, 0.6) is 0 Å². The molecule has 0 saturated carbocycles. The zero-order valence-corrected chi connectivity index (χ0v) is 13.1. The molecule has 2 heterocycles. The number of alkyl halides is 3. The average molecular weight is 351 g/mol. The van der Waals surface area contributed by atoms with Crippen molar-refractivity contribution < 1.29 is 22.7 Å². The number of aromatic nitrogens is 4. The van der Waals surface area contributed by atoms with Crippen molar-refractivity contribution in [2.45, 2.75) is 32.7 Å². The van der Waals surface area contributed by atoms with Crippen LogP contribution in [0.3, 0.4) is 0 Å². The van der Waals surface area contributed by atoms with Gasteiger partial charge in [0.05, 0.1) is 11.2 Å². The van der Waals surface area contributed by atoms with Gasteiger partial charge in [-0.05, 0) is 6.42 Å². The molecule has 0 spiro atoms. The van der Waals surface area contributed by atoms with Crippen molar-refractivity contribution in [1.82, 2.24) is 19.6 Å². The third-order valence-electron chi connectivity index (χ3n) is 3.00. The lowest BCUT2D eigenvalue weighted by atomic mass is 10.2. The van der Waals surface area contributed by atoms with Crippen molar-refractivity contribution in [1.29, 1.82) is 0 Å². The summed E-state index contributed by atoms with van der Waals surface area (Å²) in [4.78, 5) is 11.9. The second-order valence-electron chi connectivity index (χ2n) is 4.80. The molecule has 0 saturated heterocycles. The molecule has 2 aromatic heterocycles. The first-order valence-corrected chi connectivity index (χ1v) is 7.10. The maximum atomic E-state index is 12.9. The van der Waals surface area contributed by atoms with E-state index in [0.29, 0.717) is 11.2 Å². The number of carbonyl (C=O) groups excluding carboxylic acids is 1. The van der Waals surface area contributed by atoms with Gasteiger partial charge in [-0.25, -0.2) is 4.79 Å². The standard InChI is InChI=1S/C13H14ClF3N4O2/c1-3-4-21-6-9(14)10(19-21)12(22)23-7-8-5-18-20(2)11(8)13(15,16)17/h5-6H,3-4,7H2,1-2H3. The Balaban J connectivity index is 2.11. The molecule has 2 rings (SSSR count). The van der Waals surface area contributed by atoms with E-state index in [9.17, 15) is 18.0 Å². The van der Waals surface area contributed by atoms with Crippen molar-refractivity contribution in [3.63, 3.8) is 0 Å². The van der Waals surface area contributed by atoms with Crippen LogP contribution in [0.15, 0.2) is 12.4 Å². The molecular weight excluding hydrogens is 337 g/mol. The van der Waals surface area contributed by atoms with Gasteiger partial charge < -0.3 is 4.74 Å². The number of aryl methyl sites for hydroxylation is 2. The Morgan fingerprint density at radius 2 is 2.13 bits per heavy atom. The molecule has 10 heteroatoms. The largest absolute Gasteiger partial charge is 0.456 e. The number of nitrogens with zero attached hydrogens (tertiary/aromatic N) is 4. The highest BCUT2D eigenvalue weighted by atomic mass is 35.5. The van der Waals surface area contributed by atoms with Crippen LogP contribution in [-0.2, 0) is 31.1 Å². The van der Waals surface area contributed by atoms with Crippen molar-refractivity contribution in [3.8, 4) is 0 Å². The first-order valence-electron chi connectivity index (χ1n) is 6.72. The number of hydrogen-bond acceptors (Lipinski definition) is 4. The van der Waals surface area contributed by atoms with E-state index in [1.165, 1.54) is 10.9 Å². The van der Waals surface area contributed by atoms with E-state index in [-0.39, 0.29) is 16.3 Å². The summed E-state index contributed by atoms with van der Waals surface area (Å²) in [6.45, 7) is 1.92. The molecule has 0 radical (unpaired) electrons. The van der Waals surface area contributed by atoms with Crippen LogP contribution in [0.25, 0.3) is 0 Å². The number of esters is 1. The molecule has 0 aliphatic rings. The number of hydrogen-bond donors (Lipinski definition) is 0. The molecule has 0 aliphatic heterocycles. The third-order valence-corrected chi connectivity index (χ3v) is 3.28. The molecule has 0 unspecified atom stereocenters. The number of carbonyl (C=O) groups is 1. The van der Waals surface area contributed by atoms with Crippen molar-refractivity contribution in [3.05, 3.63) is 34.4 Å². The Kier molecular flexibility index (Phi) is 4.98. The molecule has 0 amide bonds. The van der Waals surface area contributed by atoms with Crippen LogP contribution in [0.2, 0.25) is 5.02 Å². The summed E-state index contributed by atoms with van der Waals surface area (Å²) in [6.07, 6.45) is -1.33. The van der Waals surface area contributed by atoms with Crippen LogP contribution < -0.4 is 0 Å². The summed E-state index contributed by atoms with van der Waals surface area (Å²) in [6, 6.07) is 0. The Hall–Kier alpha value is -2.03. The van der Waals surface area contributed by atoms with Gasteiger partial charge in [0.15, 0.2) is 5.69 Å². The molecular formula is C13H14ClF3N4O2. The summed E-state index contributed by atoms with van der Waals surface area (Å²) in [5.74, 6) is -0.887. The molecule has 0 aromatic carbocycles. The molecule has 23 heavy (non-hydrogen) atoms. The van der Waals surface area contributed by atoms with Crippen LogP contribution in [0, 0.1) is 0 Å². The fourth-order valence-electron chi connectivity index (χ4n) is 2.04. The predicted molar refractivity (Wildman–Crippen MR) is 74.9 cm³/mol. The van der Waals surface area contributed by atoms with Gasteiger partial charge in [-0.15, -0.1) is 0 Å². The molecule has 126 valence electrons. The Morgan fingerprint density at radius 3 is 2.74 bits per heavy atom. The summed E-state index contributed by atoms with van der Waals surface area (Å²) in [5, 5.41) is 7.58. The van der Waals surface area contributed by atoms with Crippen LogP contribution >= 0.6 is 11.6 Å². The zero-order valence-electron chi connectivity index (χ0n) is 12.4. The highest BCUT2D eigenvalue weighted by Crippen LogP contribution is 2.31. The highest BCUT2D eigenvalue weighted by Gasteiger charge is 2.37. The molecule has 0 N–H and O–H groups in total. The zero-order chi connectivity index (χ0) is 17.2. The van der Waals surface area contributed by atoms with Crippen LogP contribution in [0.4, 0.5) is 13.2 Å². The van der Waals surface area contributed by atoms with Gasteiger partial charge in [0.2, 0.25) is 0 Å². The Labute approximate surface area is 134 Å². The second kappa shape index (κ2) is 6.61. The van der Waals surface area contributed by atoms with Crippen molar-refractivity contribution in [2.24, 2.45) is 7.05 Å². The number of ether oxygens (including phenoxy) is 1. The third kappa shape index (κ3) is 3.84. The highest BCUT2D eigenvalue weighted by molar-refractivity contribution is 6.33. The molecule has 0 atom stereocenters. The average Bonchev–Trinajstić information content (AvgIpc) is 2.99. The second-order valence-corrected chi connectivity index (χ2v) is 5.21. The van der Waals surface area contributed by atoms with E-state index in [0.717, 1.165) is 19.7 Å². The van der Waals surface area contributed by atoms with E-state index in [1.807, 2.05) is 6.92 Å². The van der Waals surface area contributed by atoms with Gasteiger partial charge in [0.1, 0.15) is 12.3 Å². The lowest BCUT2D eigenvalue weighted by Gasteiger charge is -2.10. The summed E-state index contributed by atoms with van der Waals surface area (Å²) in [7, 11) is 1.16. The van der Waals surface area contributed by atoms with Gasteiger partial charge in [-0.1, -0.05) is 18.5 Å². The summed E-state index contributed by atoms with van der Waals surface area (Å²) < 4.78 is 45.8. The minimum absolute atomic E-state index is 0.0886. The minimum Gasteiger partial charge on any atom is -0.456 e. The van der Waals surface area contributed by atoms with Gasteiger partial charge in [-0.2, -0.15) is 23.4 Å². The van der Waals surface area contributed by atoms with Crippen LogP contribution in [-0.4, -0.2) is 25.5 Å². The first kappa shape index (κ1) is 17.3. The lowest BCUT2D eigenvalue weighted by Crippen LogP contribution is -2.15. The van der Waals surface area contributed by atoms with E-state index in [4.69, 9.17) is 16.3 Å². The van der Waals surface area contributed by atoms with Gasteiger partial charge >= 0.3 is 12.1 Å². The molecule has 0 bridgehead atoms. The maximum absolute atomic E-state index is 12.9. The predicted octanol–water partition coefficient (Wildman–Crippen LogP) is 3.06. The van der Waals surface area contributed by atoms with Crippen LogP contribution in [0.1, 0.15) is 35.1 Å². The summed E-state index contributed by atoms with van der Waals surface area (Å²) in [5.41, 5.74) is -1.33. The number of halogens is 4. The fraction of sp³-hybridized carbons (Fsp3) is 0.462. The molecule has 0 aliphatic carbocycles. The Morgan fingerprint density at radius 1 is 1.43 bits per heavy atom. The maximum Gasteiger partial charge on any atom is 0.433 e. The smallest absolute Gasteiger partial charge is 0.433 e. The molecule has 0 fully saturated rings. The van der Waals surface area contributed by atoms with Gasteiger partial charge in [0.25, 0.3) is 0 Å². The van der Waals surface area contributed by atoms with E-state index >= 15 is 0 Å². The van der Waals surface area contributed by atoms with Crippen molar-refractivity contribution >= 4 is 17.6 Å². The topological polar surface area (TPSA) is 61.9 Å². The minimum atomic E-state index is -4.59.